The summed E-state index contributed by atoms with van der Waals surface area (Å²) in [4.78, 5) is 24.9. The molecule has 0 unspecified atom stereocenters. The Morgan fingerprint density at radius 3 is 2.66 bits per heavy atom. The van der Waals surface area contributed by atoms with Crippen LogP contribution in [0.3, 0.4) is 0 Å². The van der Waals surface area contributed by atoms with E-state index in [-0.39, 0.29) is 28.9 Å². The number of amides is 1. The van der Waals surface area contributed by atoms with Gasteiger partial charge in [-0.05, 0) is 123 Å². The number of carbonyl (C=O) groups is 1. The van der Waals surface area contributed by atoms with Crippen LogP contribution in [0.25, 0.3) is 0 Å². The summed E-state index contributed by atoms with van der Waals surface area (Å²) in [6.07, 6.45) is 14.5. The van der Waals surface area contributed by atoms with E-state index in [0.717, 1.165) is 75.7 Å². The first-order valence-electron chi connectivity index (χ1n) is 18.9. The number of anilines is 1. The molecule has 4 aliphatic carbocycles. The van der Waals surface area contributed by atoms with E-state index in [1.165, 1.54) is 31.2 Å². The molecule has 4 fully saturated rings. The monoisotopic (exact) mass is 642 g/mol. The summed E-state index contributed by atoms with van der Waals surface area (Å²) in [5.41, 5.74) is 4.00. The summed E-state index contributed by atoms with van der Waals surface area (Å²) in [6.45, 7) is 9.59. The van der Waals surface area contributed by atoms with E-state index in [9.17, 15) is 15.0 Å². The molecule has 256 valence electrons. The first-order chi connectivity index (χ1) is 22.7. The lowest BCUT2D eigenvalue weighted by Crippen LogP contribution is -2.58. The number of hydrogen-bond acceptors (Lipinski definition) is 6. The highest BCUT2D eigenvalue weighted by molar-refractivity contribution is 5.76. The largest absolute Gasteiger partial charge is 0.393 e. The van der Waals surface area contributed by atoms with Crippen LogP contribution in [0.2, 0.25) is 0 Å². The number of aliphatic hydroxyl groups excluding tert-OH is 2. The number of rotatable bonds is 9. The van der Waals surface area contributed by atoms with E-state index in [2.05, 4.69) is 61.4 Å². The van der Waals surface area contributed by atoms with Crippen molar-refractivity contribution in [2.45, 2.75) is 123 Å². The Morgan fingerprint density at radius 2 is 1.83 bits per heavy atom. The lowest BCUT2D eigenvalue weighted by molar-refractivity contribution is -0.174. The zero-order valence-corrected chi connectivity index (χ0v) is 29.0. The van der Waals surface area contributed by atoms with Crippen molar-refractivity contribution in [1.82, 2.24) is 14.9 Å². The van der Waals surface area contributed by atoms with E-state index < -0.39 is 0 Å². The van der Waals surface area contributed by atoms with Crippen molar-refractivity contribution in [1.29, 1.82) is 0 Å². The van der Waals surface area contributed by atoms with Gasteiger partial charge in [0.05, 0.1) is 17.9 Å². The average Bonchev–Trinajstić information content (AvgIpc) is 3.43. The lowest BCUT2D eigenvalue weighted by atomic mass is 9.43. The maximum absolute atomic E-state index is 13.5. The molecule has 3 N–H and O–H groups in total. The molecule has 1 aromatic heterocycles. The van der Waals surface area contributed by atoms with Crippen molar-refractivity contribution in [3.63, 3.8) is 0 Å². The first-order valence-corrected chi connectivity index (χ1v) is 18.9. The van der Waals surface area contributed by atoms with E-state index in [0.29, 0.717) is 54.4 Å². The van der Waals surface area contributed by atoms with Crippen molar-refractivity contribution >= 4 is 11.9 Å². The van der Waals surface area contributed by atoms with Gasteiger partial charge < -0.3 is 20.4 Å². The van der Waals surface area contributed by atoms with Gasteiger partial charge in [0.2, 0.25) is 11.9 Å². The van der Waals surface area contributed by atoms with E-state index in [1.54, 1.807) is 0 Å². The second kappa shape index (κ2) is 13.4. The number of carbonyl (C=O) groups excluding carboxylic acids is 1. The second-order valence-corrected chi connectivity index (χ2v) is 16.7. The third-order valence-electron chi connectivity index (χ3n) is 14.3. The number of aryl methyl sites for hydroxylation is 1. The molecule has 0 spiro atoms. The van der Waals surface area contributed by atoms with Crippen LogP contribution >= 0.6 is 0 Å². The predicted octanol–water partition coefficient (Wildman–Crippen LogP) is 6.81. The third kappa shape index (κ3) is 6.36. The minimum absolute atomic E-state index is 0.186. The molecule has 7 rings (SSSR count). The Balaban J connectivity index is 0.905. The van der Waals surface area contributed by atoms with Crippen LogP contribution in [0, 0.1) is 46.3 Å². The van der Waals surface area contributed by atoms with Gasteiger partial charge in [0.15, 0.2) is 0 Å². The molecule has 0 bridgehead atoms. The molecule has 1 aliphatic heterocycles. The molecule has 10 atom stereocenters. The van der Waals surface area contributed by atoms with Crippen LogP contribution in [-0.2, 0) is 24.2 Å². The number of nitrogens with one attached hydrogen (secondary N) is 1. The number of nitrogens with zero attached hydrogens (tertiary/aromatic N) is 3. The molecular weight excluding hydrogens is 584 g/mol. The van der Waals surface area contributed by atoms with Gasteiger partial charge in [-0.1, -0.05) is 51.1 Å². The van der Waals surface area contributed by atoms with Gasteiger partial charge in [0, 0.05) is 44.2 Å². The summed E-state index contributed by atoms with van der Waals surface area (Å²) in [6, 6.07) is 10.6. The van der Waals surface area contributed by atoms with E-state index in [4.69, 9.17) is 4.98 Å². The van der Waals surface area contributed by atoms with E-state index in [1.807, 2.05) is 11.1 Å². The number of hydrogen-bond donors (Lipinski definition) is 3. The van der Waals surface area contributed by atoms with Crippen molar-refractivity contribution in [3.8, 4) is 0 Å². The summed E-state index contributed by atoms with van der Waals surface area (Å²) < 4.78 is 0. The smallest absolute Gasteiger partial charge is 0.222 e. The maximum atomic E-state index is 13.5. The Bertz CT molecular complexity index is 1400. The second-order valence-electron chi connectivity index (χ2n) is 16.7. The number of fused-ring (bicyclic) bond motifs is 6. The molecule has 0 saturated heterocycles. The summed E-state index contributed by atoms with van der Waals surface area (Å²) in [5.74, 6) is 4.06. The SMILES string of the molecule is C[C@H](CCC(=O)N1CCc2nc(NCCCc3ccccc3)ncc2C1)[C@H]1CC[C@H]2[C@@H]3[C@@H](O)C[C@@H]4C[C@H](O)CC[C@]4(C)[C@H]3CC[C@]12C. The molecule has 2 heterocycles. The van der Waals surface area contributed by atoms with Crippen LogP contribution in [0.4, 0.5) is 5.95 Å². The fourth-order valence-corrected chi connectivity index (χ4v) is 11.6. The Morgan fingerprint density at radius 1 is 1.04 bits per heavy atom. The van der Waals surface area contributed by atoms with Crippen LogP contribution in [0.5, 0.6) is 0 Å². The molecule has 5 aliphatic rings. The topological polar surface area (TPSA) is 98.6 Å². The molecular formula is C40H58N4O3. The zero-order chi connectivity index (χ0) is 32.8. The number of aliphatic hydroxyl groups is 2. The molecule has 0 radical (unpaired) electrons. The van der Waals surface area contributed by atoms with Gasteiger partial charge in [-0.3, -0.25) is 4.79 Å². The minimum atomic E-state index is -0.235. The third-order valence-corrected chi connectivity index (χ3v) is 14.3. The van der Waals surface area contributed by atoms with Gasteiger partial charge in [0.25, 0.3) is 0 Å². The van der Waals surface area contributed by atoms with Crippen LogP contribution in [0.15, 0.2) is 36.5 Å². The number of aromatic nitrogens is 2. The molecule has 4 saturated carbocycles. The zero-order valence-electron chi connectivity index (χ0n) is 29.0. The highest BCUT2D eigenvalue weighted by Crippen LogP contribution is 2.68. The minimum Gasteiger partial charge on any atom is -0.393 e. The quantitative estimate of drug-likeness (QED) is 0.260. The summed E-state index contributed by atoms with van der Waals surface area (Å²) in [5, 5.41) is 25.4. The Labute approximate surface area is 282 Å². The van der Waals surface area contributed by atoms with Crippen molar-refractivity contribution in [2.24, 2.45) is 46.3 Å². The normalized spacial score (nSPS) is 36.9. The fraction of sp³-hybridized carbons (Fsp3) is 0.725. The summed E-state index contributed by atoms with van der Waals surface area (Å²) in [7, 11) is 0. The van der Waals surface area contributed by atoms with E-state index >= 15 is 0 Å². The van der Waals surface area contributed by atoms with Gasteiger partial charge in [-0.15, -0.1) is 0 Å². The number of benzene rings is 1. The highest BCUT2D eigenvalue weighted by Gasteiger charge is 2.62. The van der Waals surface area contributed by atoms with Crippen LogP contribution < -0.4 is 5.32 Å². The van der Waals surface area contributed by atoms with Crippen molar-refractivity contribution < 1.29 is 15.0 Å². The molecule has 1 aromatic carbocycles. The van der Waals surface area contributed by atoms with Gasteiger partial charge in [-0.2, -0.15) is 0 Å². The standard InChI is InChI=1S/C40H58N4O3/c1-26(31-12-13-32-37-33(16-19-40(31,32)3)39(2)18-15-30(45)22-29(39)23-35(37)46)11-14-36(47)44-21-17-34-28(25-44)24-42-38(43-34)41-20-7-10-27-8-5-4-6-9-27/h4-6,8-9,24,26,29-33,35,37,45-46H,7,10-23,25H2,1-3H3,(H,41,42,43)/t26-,29+,30-,31-,32+,33+,35+,37+,39+,40-/m1/s1. The predicted molar refractivity (Wildman–Crippen MR) is 185 cm³/mol. The molecule has 7 nitrogen and oxygen atoms in total. The molecule has 47 heavy (non-hydrogen) atoms. The molecule has 2 aromatic rings. The van der Waals surface area contributed by atoms with Gasteiger partial charge in [0.1, 0.15) is 0 Å². The molecule has 7 heteroatoms. The van der Waals surface area contributed by atoms with Crippen molar-refractivity contribution in [3.05, 3.63) is 53.3 Å². The highest BCUT2D eigenvalue weighted by atomic mass is 16.3. The Kier molecular flexibility index (Phi) is 9.43. The average molecular weight is 643 g/mol. The fourth-order valence-electron chi connectivity index (χ4n) is 11.6. The van der Waals surface area contributed by atoms with Crippen LogP contribution in [0.1, 0.15) is 108 Å². The van der Waals surface area contributed by atoms with Gasteiger partial charge >= 0.3 is 0 Å². The van der Waals surface area contributed by atoms with Crippen molar-refractivity contribution in [2.75, 3.05) is 18.4 Å². The molecule has 1 amide bonds. The Hall–Kier alpha value is -2.51. The van der Waals surface area contributed by atoms with Crippen LogP contribution in [-0.4, -0.2) is 56.3 Å². The first kappa shape index (κ1) is 33.0. The lowest BCUT2D eigenvalue weighted by Gasteiger charge is -2.62. The maximum Gasteiger partial charge on any atom is 0.222 e. The summed E-state index contributed by atoms with van der Waals surface area (Å²) >= 11 is 0. The van der Waals surface area contributed by atoms with Gasteiger partial charge in [-0.25, -0.2) is 9.97 Å².